The zero-order valence-electron chi connectivity index (χ0n) is 20.1. The number of carbonyl (C=O) groups is 2. The number of esters is 1. The first-order chi connectivity index (χ1) is 16.4. The van der Waals surface area contributed by atoms with Gasteiger partial charge in [-0.1, -0.05) is 0 Å². The molecule has 0 atom stereocenters. The Hall–Kier alpha value is -3.94. The maximum atomic E-state index is 12.8. The SMILES string of the molecule is CCOC(=O)c1cc(-c2ccc(OC)cc2)n(CCC(=O)Nc2cc(OC)cc(OC)c2)c1C. The number of aromatic nitrogens is 1. The highest BCUT2D eigenvalue weighted by Gasteiger charge is 2.20. The Bertz CT molecular complexity index is 1130. The second kappa shape index (κ2) is 11.3. The Kier molecular flexibility index (Phi) is 8.19. The van der Waals surface area contributed by atoms with Gasteiger partial charge in [-0.25, -0.2) is 4.79 Å². The quantitative estimate of drug-likeness (QED) is 0.436. The highest BCUT2D eigenvalue weighted by Crippen LogP contribution is 2.29. The number of methoxy groups -OCH3 is 3. The minimum atomic E-state index is -0.388. The van der Waals surface area contributed by atoms with Crippen molar-refractivity contribution >= 4 is 17.6 Å². The summed E-state index contributed by atoms with van der Waals surface area (Å²) in [7, 11) is 4.71. The first kappa shape index (κ1) is 24.7. The molecule has 3 rings (SSSR count). The zero-order valence-corrected chi connectivity index (χ0v) is 20.1. The lowest BCUT2D eigenvalue weighted by Gasteiger charge is -2.13. The van der Waals surface area contributed by atoms with Crippen LogP contribution in [0.1, 0.15) is 29.4 Å². The van der Waals surface area contributed by atoms with E-state index in [4.69, 9.17) is 18.9 Å². The van der Waals surface area contributed by atoms with Crippen molar-refractivity contribution in [3.8, 4) is 28.5 Å². The summed E-state index contributed by atoms with van der Waals surface area (Å²) in [6.07, 6.45) is 0.195. The molecule has 0 aliphatic carbocycles. The lowest BCUT2D eigenvalue weighted by atomic mass is 10.1. The predicted molar refractivity (Wildman–Crippen MR) is 130 cm³/mol. The summed E-state index contributed by atoms with van der Waals surface area (Å²) in [6, 6.07) is 14.5. The van der Waals surface area contributed by atoms with Gasteiger partial charge in [-0.3, -0.25) is 4.79 Å². The van der Waals surface area contributed by atoms with E-state index >= 15 is 0 Å². The van der Waals surface area contributed by atoms with E-state index in [-0.39, 0.29) is 24.9 Å². The third-order valence-corrected chi connectivity index (χ3v) is 5.45. The number of ether oxygens (including phenoxy) is 4. The molecule has 0 bridgehead atoms. The number of carbonyl (C=O) groups excluding carboxylic acids is 2. The van der Waals surface area contributed by atoms with Gasteiger partial charge in [-0.05, 0) is 49.7 Å². The van der Waals surface area contributed by atoms with Crippen LogP contribution in [-0.4, -0.2) is 44.4 Å². The lowest BCUT2D eigenvalue weighted by Crippen LogP contribution is -2.16. The van der Waals surface area contributed by atoms with Crippen LogP contribution in [0.3, 0.4) is 0 Å². The van der Waals surface area contributed by atoms with Crippen molar-refractivity contribution in [3.05, 3.63) is 59.8 Å². The molecule has 0 fully saturated rings. The van der Waals surface area contributed by atoms with Crippen molar-refractivity contribution in [2.24, 2.45) is 0 Å². The summed E-state index contributed by atoms with van der Waals surface area (Å²) < 4.78 is 23.0. The van der Waals surface area contributed by atoms with Crippen LogP contribution in [0, 0.1) is 6.92 Å². The molecular formula is C26H30N2O6. The van der Waals surface area contributed by atoms with Crippen LogP contribution in [0.15, 0.2) is 48.5 Å². The van der Waals surface area contributed by atoms with Crippen molar-refractivity contribution < 1.29 is 28.5 Å². The topological polar surface area (TPSA) is 88.0 Å². The summed E-state index contributed by atoms with van der Waals surface area (Å²) in [5.41, 5.74) is 3.51. The molecule has 0 aliphatic rings. The van der Waals surface area contributed by atoms with E-state index in [0.29, 0.717) is 29.3 Å². The molecule has 0 saturated heterocycles. The molecule has 0 radical (unpaired) electrons. The standard InChI is InChI=1S/C26H30N2O6/c1-6-34-26(30)23-16-24(18-7-9-20(31-3)10-8-18)28(17(23)2)12-11-25(29)27-19-13-21(32-4)15-22(14-19)33-5/h7-10,13-16H,6,11-12H2,1-5H3,(H,27,29). The van der Waals surface area contributed by atoms with Gasteiger partial charge in [0.05, 0.1) is 33.5 Å². The number of nitrogens with one attached hydrogen (secondary N) is 1. The Balaban J connectivity index is 1.84. The van der Waals surface area contributed by atoms with Gasteiger partial charge in [0.25, 0.3) is 0 Å². The highest BCUT2D eigenvalue weighted by atomic mass is 16.5. The van der Waals surface area contributed by atoms with Crippen LogP contribution in [0.5, 0.6) is 17.2 Å². The monoisotopic (exact) mass is 466 g/mol. The van der Waals surface area contributed by atoms with Gasteiger partial charge < -0.3 is 28.8 Å². The number of rotatable bonds is 10. The van der Waals surface area contributed by atoms with Gasteiger partial charge in [0, 0.05) is 48.2 Å². The fraction of sp³-hybridized carbons (Fsp3) is 0.308. The molecule has 3 aromatic rings. The van der Waals surface area contributed by atoms with E-state index in [1.807, 2.05) is 35.8 Å². The van der Waals surface area contributed by atoms with E-state index < -0.39 is 0 Å². The Morgan fingerprint density at radius 1 is 0.882 bits per heavy atom. The molecule has 0 unspecified atom stereocenters. The smallest absolute Gasteiger partial charge is 0.339 e. The number of amides is 1. The normalized spacial score (nSPS) is 10.5. The van der Waals surface area contributed by atoms with Crippen molar-refractivity contribution in [2.45, 2.75) is 26.8 Å². The molecular weight excluding hydrogens is 436 g/mol. The largest absolute Gasteiger partial charge is 0.497 e. The molecule has 8 heteroatoms. The van der Waals surface area contributed by atoms with Crippen LogP contribution in [0.25, 0.3) is 11.3 Å². The second-order valence-corrected chi connectivity index (χ2v) is 7.53. The minimum Gasteiger partial charge on any atom is -0.497 e. The molecule has 1 N–H and O–H groups in total. The zero-order chi connectivity index (χ0) is 24.7. The number of benzene rings is 2. The summed E-state index contributed by atoms with van der Waals surface area (Å²) in [4.78, 5) is 25.3. The average Bonchev–Trinajstić information content (AvgIpc) is 3.18. The van der Waals surface area contributed by atoms with E-state index in [0.717, 1.165) is 22.7 Å². The van der Waals surface area contributed by atoms with Crippen molar-refractivity contribution in [1.29, 1.82) is 0 Å². The number of hydrogen-bond acceptors (Lipinski definition) is 6. The lowest BCUT2D eigenvalue weighted by molar-refractivity contribution is -0.116. The third-order valence-electron chi connectivity index (χ3n) is 5.45. The second-order valence-electron chi connectivity index (χ2n) is 7.53. The third kappa shape index (κ3) is 5.70. The van der Waals surface area contributed by atoms with Gasteiger partial charge in [-0.2, -0.15) is 0 Å². The van der Waals surface area contributed by atoms with E-state index in [1.165, 1.54) is 0 Å². The Morgan fingerprint density at radius 2 is 1.50 bits per heavy atom. The van der Waals surface area contributed by atoms with Gasteiger partial charge in [0.2, 0.25) is 5.91 Å². The fourth-order valence-corrected chi connectivity index (χ4v) is 3.67. The molecule has 34 heavy (non-hydrogen) atoms. The first-order valence-electron chi connectivity index (χ1n) is 10.9. The molecule has 1 aromatic heterocycles. The summed E-state index contributed by atoms with van der Waals surface area (Å²) in [5.74, 6) is 1.33. The molecule has 180 valence electrons. The Morgan fingerprint density at radius 3 is 2.06 bits per heavy atom. The summed E-state index contributed by atoms with van der Waals surface area (Å²) in [5, 5.41) is 2.88. The molecule has 0 aliphatic heterocycles. The molecule has 2 aromatic carbocycles. The number of nitrogens with zero attached hydrogens (tertiary/aromatic N) is 1. The van der Waals surface area contributed by atoms with Gasteiger partial charge in [-0.15, -0.1) is 0 Å². The van der Waals surface area contributed by atoms with Crippen molar-refractivity contribution in [2.75, 3.05) is 33.3 Å². The van der Waals surface area contributed by atoms with Gasteiger partial charge >= 0.3 is 5.97 Å². The minimum absolute atomic E-state index is 0.179. The summed E-state index contributed by atoms with van der Waals surface area (Å²) >= 11 is 0. The van der Waals surface area contributed by atoms with E-state index in [9.17, 15) is 9.59 Å². The van der Waals surface area contributed by atoms with Crippen LogP contribution in [0.2, 0.25) is 0 Å². The van der Waals surface area contributed by atoms with Crippen molar-refractivity contribution in [3.63, 3.8) is 0 Å². The maximum Gasteiger partial charge on any atom is 0.339 e. The number of hydrogen-bond donors (Lipinski definition) is 1. The maximum absolute atomic E-state index is 12.8. The predicted octanol–water partition coefficient (Wildman–Crippen LogP) is 4.69. The number of anilines is 1. The molecule has 1 amide bonds. The molecule has 0 saturated carbocycles. The highest BCUT2D eigenvalue weighted by molar-refractivity contribution is 5.93. The molecule has 1 heterocycles. The van der Waals surface area contributed by atoms with Gasteiger partial charge in [0.1, 0.15) is 17.2 Å². The molecule has 8 nitrogen and oxygen atoms in total. The van der Waals surface area contributed by atoms with Crippen molar-refractivity contribution in [1.82, 2.24) is 4.57 Å². The summed E-state index contributed by atoms with van der Waals surface area (Å²) in [6.45, 7) is 4.28. The van der Waals surface area contributed by atoms with Crippen LogP contribution in [0.4, 0.5) is 5.69 Å². The van der Waals surface area contributed by atoms with Crippen LogP contribution < -0.4 is 19.5 Å². The van der Waals surface area contributed by atoms with Crippen LogP contribution >= 0.6 is 0 Å². The van der Waals surface area contributed by atoms with Crippen LogP contribution in [-0.2, 0) is 16.1 Å². The first-order valence-corrected chi connectivity index (χ1v) is 10.9. The molecule has 0 spiro atoms. The fourth-order valence-electron chi connectivity index (χ4n) is 3.67. The van der Waals surface area contributed by atoms with E-state index in [2.05, 4.69) is 5.32 Å². The van der Waals surface area contributed by atoms with E-state index in [1.54, 1.807) is 52.5 Å². The van der Waals surface area contributed by atoms with Gasteiger partial charge in [0.15, 0.2) is 0 Å². The Labute approximate surface area is 199 Å². The average molecular weight is 467 g/mol.